The van der Waals surface area contributed by atoms with E-state index < -0.39 is 34.3 Å². The van der Waals surface area contributed by atoms with Crippen molar-refractivity contribution >= 4 is 62.3 Å². The average Bonchev–Trinajstić information content (AvgIpc) is 2.75. The van der Waals surface area contributed by atoms with Crippen molar-refractivity contribution in [1.82, 2.24) is 10.2 Å². The number of rotatable bonds is 10. The number of hydrogen-bond donors (Lipinski definition) is 1. The van der Waals surface area contributed by atoms with E-state index in [0.717, 1.165) is 22.7 Å². The van der Waals surface area contributed by atoms with E-state index in [1.54, 1.807) is 39.0 Å². The normalized spacial score (nSPS) is 12.4. The van der Waals surface area contributed by atoms with Crippen LogP contribution < -0.4 is 9.62 Å². The van der Waals surface area contributed by atoms with Crippen LogP contribution in [-0.2, 0) is 26.2 Å². The molecule has 0 saturated heterocycles. The van der Waals surface area contributed by atoms with Gasteiger partial charge in [0.1, 0.15) is 18.4 Å². The number of sulfonamides is 1. The van der Waals surface area contributed by atoms with Gasteiger partial charge in [0, 0.05) is 12.6 Å². The Morgan fingerprint density at radius 2 is 1.69 bits per heavy atom. The van der Waals surface area contributed by atoms with Gasteiger partial charge in [0.2, 0.25) is 21.8 Å². The lowest BCUT2D eigenvalue weighted by Gasteiger charge is -2.33. The van der Waals surface area contributed by atoms with Crippen molar-refractivity contribution in [3.8, 4) is 0 Å². The second-order valence-electron chi connectivity index (χ2n) is 8.23. The van der Waals surface area contributed by atoms with E-state index >= 15 is 0 Å². The topological polar surface area (TPSA) is 86.8 Å². The van der Waals surface area contributed by atoms with Crippen LogP contribution in [0, 0.1) is 5.82 Å². The van der Waals surface area contributed by atoms with Crippen molar-refractivity contribution < 1.29 is 22.4 Å². The lowest BCUT2D eigenvalue weighted by molar-refractivity contribution is -0.140. The Labute approximate surface area is 220 Å². The minimum Gasteiger partial charge on any atom is -0.352 e. The fourth-order valence-corrected chi connectivity index (χ4v) is 4.73. The number of anilines is 1. The van der Waals surface area contributed by atoms with E-state index in [9.17, 15) is 22.4 Å². The molecule has 35 heavy (non-hydrogen) atoms. The van der Waals surface area contributed by atoms with Gasteiger partial charge in [0.15, 0.2) is 0 Å². The van der Waals surface area contributed by atoms with Gasteiger partial charge in [-0.3, -0.25) is 13.9 Å². The fourth-order valence-electron chi connectivity index (χ4n) is 3.39. The lowest BCUT2D eigenvalue weighted by Crippen LogP contribution is -2.53. The van der Waals surface area contributed by atoms with Crippen LogP contribution in [-0.4, -0.2) is 50.0 Å². The summed E-state index contributed by atoms with van der Waals surface area (Å²) >= 11 is 18.0. The summed E-state index contributed by atoms with van der Waals surface area (Å²) in [6.07, 6.45) is 1.19. The number of carbonyl (C=O) groups excluding carboxylic acids is 2. The molecule has 2 rings (SSSR count). The number of carbonyl (C=O) groups is 2. The zero-order valence-electron chi connectivity index (χ0n) is 19.7. The maximum Gasteiger partial charge on any atom is 0.244 e. The van der Waals surface area contributed by atoms with Crippen LogP contribution in [0.4, 0.5) is 10.1 Å². The first-order valence-corrected chi connectivity index (χ1v) is 13.7. The largest absolute Gasteiger partial charge is 0.352 e. The third-order valence-electron chi connectivity index (χ3n) is 5.02. The summed E-state index contributed by atoms with van der Waals surface area (Å²) in [5.74, 6) is -1.76. The summed E-state index contributed by atoms with van der Waals surface area (Å²) in [6.45, 7) is 4.67. The van der Waals surface area contributed by atoms with Crippen molar-refractivity contribution in [2.45, 2.75) is 45.8 Å². The van der Waals surface area contributed by atoms with Crippen LogP contribution in [0.15, 0.2) is 36.4 Å². The minimum absolute atomic E-state index is 0.0152. The van der Waals surface area contributed by atoms with Gasteiger partial charge in [-0.05, 0) is 56.2 Å². The Morgan fingerprint density at radius 1 is 1.03 bits per heavy atom. The van der Waals surface area contributed by atoms with Crippen LogP contribution in [0.5, 0.6) is 0 Å². The molecule has 2 aromatic rings. The third kappa shape index (κ3) is 7.96. The Hall–Kier alpha value is -2.07. The van der Waals surface area contributed by atoms with Gasteiger partial charge >= 0.3 is 0 Å². The van der Waals surface area contributed by atoms with E-state index in [4.69, 9.17) is 34.8 Å². The molecule has 0 spiro atoms. The fraction of sp³-hybridized carbons (Fsp3) is 0.391. The summed E-state index contributed by atoms with van der Waals surface area (Å²) in [5.41, 5.74) is 0.612. The number of halogens is 4. The SMILES string of the molecule is CCC(C(=O)NC(C)C)N(Cc1ccc(Cl)c(Cl)c1)C(=O)CN(c1ccc(F)c(Cl)c1)S(C)(=O)=O. The molecule has 1 unspecified atom stereocenters. The molecule has 2 amide bonds. The van der Waals surface area contributed by atoms with E-state index in [0.29, 0.717) is 10.6 Å². The molecule has 0 aliphatic heterocycles. The summed E-state index contributed by atoms with van der Waals surface area (Å²) in [6, 6.07) is 7.09. The van der Waals surface area contributed by atoms with Gasteiger partial charge in [-0.25, -0.2) is 12.8 Å². The van der Waals surface area contributed by atoms with Gasteiger partial charge in [0.25, 0.3) is 0 Å². The molecular weight excluding hydrogens is 540 g/mol. The average molecular weight is 567 g/mol. The predicted octanol–water partition coefficient (Wildman–Crippen LogP) is 4.88. The molecule has 0 radical (unpaired) electrons. The van der Waals surface area contributed by atoms with Crippen molar-refractivity contribution in [1.29, 1.82) is 0 Å². The van der Waals surface area contributed by atoms with Crippen molar-refractivity contribution in [2.24, 2.45) is 0 Å². The third-order valence-corrected chi connectivity index (χ3v) is 7.19. The number of hydrogen-bond acceptors (Lipinski definition) is 4. The minimum atomic E-state index is -3.97. The van der Waals surface area contributed by atoms with E-state index in [2.05, 4.69) is 5.32 Å². The number of nitrogens with zero attached hydrogens (tertiary/aromatic N) is 2. The summed E-state index contributed by atoms with van der Waals surface area (Å²) in [5, 5.41) is 3.10. The molecule has 0 bridgehead atoms. The molecule has 0 aliphatic carbocycles. The summed E-state index contributed by atoms with van der Waals surface area (Å²) in [4.78, 5) is 27.8. The van der Waals surface area contributed by atoms with Crippen LogP contribution in [0.25, 0.3) is 0 Å². The molecule has 0 aliphatic rings. The maximum atomic E-state index is 13.7. The maximum absolute atomic E-state index is 13.7. The first-order valence-electron chi connectivity index (χ1n) is 10.7. The Bertz CT molecular complexity index is 1190. The molecule has 12 heteroatoms. The van der Waals surface area contributed by atoms with Gasteiger partial charge in [-0.1, -0.05) is 47.8 Å². The highest BCUT2D eigenvalue weighted by molar-refractivity contribution is 7.92. The van der Waals surface area contributed by atoms with Crippen LogP contribution >= 0.6 is 34.8 Å². The molecule has 0 saturated carbocycles. The molecule has 7 nitrogen and oxygen atoms in total. The van der Waals surface area contributed by atoms with E-state index in [-0.39, 0.29) is 40.6 Å². The molecule has 0 fully saturated rings. The summed E-state index contributed by atoms with van der Waals surface area (Å²) < 4.78 is 39.6. The van der Waals surface area contributed by atoms with E-state index in [1.165, 1.54) is 11.0 Å². The summed E-state index contributed by atoms with van der Waals surface area (Å²) in [7, 11) is -3.97. The Kier molecular flexibility index (Phi) is 10.2. The van der Waals surface area contributed by atoms with Crippen molar-refractivity contribution in [2.75, 3.05) is 17.1 Å². The first-order chi connectivity index (χ1) is 16.2. The van der Waals surface area contributed by atoms with Gasteiger partial charge < -0.3 is 10.2 Å². The highest BCUT2D eigenvalue weighted by Gasteiger charge is 2.32. The molecule has 1 N–H and O–H groups in total. The number of benzene rings is 2. The zero-order valence-corrected chi connectivity index (χ0v) is 22.8. The first kappa shape index (κ1) is 29.2. The second-order valence-corrected chi connectivity index (χ2v) is 11.4. The molecule has 1 atom stereocenters. The standard InChI is InChI=1S/C23H27Cl3FN3O4S/c1-5-21(23(32)28-14(2)3)29(12-15-6-8-17(24)18(25)10-15)22(31)13-30(35(4,33)34)16-7-9-20(27)19(26)11-16/h6-11,14,21H,5,12-13H2,1-4H3,(H,28,32). The lowest BCUT2D eigenvalue weighted by atomic mass is 10.1. The van der Waals surface area contributed by atoms with Gasteiger partial charge in [-0.15, -0.1) is 0 Å². The molecular formula is C23H27Cl3FN3O4S. The van der Waals surface area contributed by atoms with Crippen LogP contribution in [0.3, 0.4) is 0 Å². The predicted molar refractivity (Wildman–Crippen MR) is 138 cm³/mol. The van der Waals surface area contributed by atoms with Crippen LogP contribution in [0.1, 0.15) is 32.8 Å². The molecule has 2 aromatic carbocycles. The van der Waals surface area contributed by atoms with Gasteiger partial charge in [0.05, 0.1) is 27.0 Å². The second kappa shape index (κ2) is 12.3. The van der Waals surface area contributed by atoms with Crippen molar-refractivity contribution in [3.05, 3.63) is 62.8 Å². The van der Waals surface area contributed by atoms with Crippen LogP contribution in [0.2, 0.25) is 15.1 Å². The van der Waals surface area contributed by atoms with E-state index in [1.807, 2.05) is 0 Å². The van der Waals surface area contributed by atoms with Crippen molar-refractivity contribution in [3.63, 3.8) is 0 Å². The monoisotopic (exact) mass is 565 g/mol. The molecule has 192 valence electrons. The highest BCUT2D eigenvalue weighted by atomic mass is 35.5. The molecule has 0 heterocycles. The smallest absolute Gasteiger partial charge is 0.244 e. The Morgan fingerprint density at radius 3 is 2.20 bits per heavy atom. The Balaban J connectivity index is 2.48. The number of nitrogens with one attached hydrogen (secondary N) is 1. The highest BCUT2D eigenvalue weighted by Crippen LogP contribution is 2.26. The molecule has 0 aromatic heterocycles. The van der Waals surface area contributed by atoms with Gasteiger partial charge in [-0.2, -0.15) is 0 Å². The number of amides is 2. The zero-order chi connectivity index (χ0) is 26.5. The quantitative estimate of drug-likeness (QED) is 0.444.